The van der Waals surface area contributed by atoms with Gasteiger partial charge in [-0.05, 0) is 24.1 Å². The molecule has 0 N–H and O–H groups in total. The summed E-state index contributed by atoms with van der Waals surface area (Å²) in [5.74, 6) is -0.00817. The zero-order chi connectivity index (χ0) is 15.5. The summed E-state index contributed by atoms with van der Waals surface area (Å²) in [6.45, 7) is 3.12. The van der Waals surface area contributed by atoms with Gasteiger partial charge in [0.2, 0.25) is 15.9 Å². The monoisotopic (exact) mass is 374 g/mol. The van der Waals surface area contributed by atoms with Crippen molar-refractivity contribution in [1.29, 1.82) is 0 Å². The molecule has 1 aliphatic rings. The van der Waals surface area contributed by atoms with Crippen molar-refractivity contribution in [1.82, 2.24) is 9.21 Å². The van der Waals surface area contributed by atoms with E-state index < -0.39 is 10.0 Å². The number of carbonyl (C=O) groups excluding carboxylic acids is 1. The van der Waals surface area contributed by atoms with Gasteiger partial charge in [0, 0.05) is 38.4 Å². The van der Waals surface area contributed by atoms with E-state index in [1.165, 1.54) is 11.2 Å². The van der Waals surface area contributed by atoms with Gasteiger partial charge in [-0.25, -0.2) is 8.42 Å². The van der Waals surface area contributed by atoms with Gasteiger partial charge in [0.05, 0.1) is 4.90 Å². The lowest BCUT2D eigenvalue weighted by atomic mass is 10.2. The van der Waals surface area contributed by atoms with E-state index >= 15 is 0 Å². The largest absolute Gasteiger partial charge is 0.340 e. The van der Waals surface area contributed by atoms with Gasteiger partial charge in [0.25, 0.3) is 0 Å². The number of alkyl halides is 1. The van der Waals surface area contributed by atoms with E-state index in [1.54, 1.807) is 17.0 Å². The van der Waals surface area contributed by atoms with Crippen LogP contribution >= 0.6 is 15.9 Å². The minimum atomic E-state index is -3.46. The molecule has 1 saturated heterocycles. The number of benzene rings is 1. The highest BCUT2D eigenvalue weighted by Gasteiger charge is 2.29. The normalized spacial score (nSPS) is 17.0. The van der Waals surface area contributed by atoms with Crippen molar-refractivity contribution in [2.45, 2.75) is 18.2 Å². The molecule has 2 rings (SSSR count). The highest BCUT2D eigenvalue weighted by molar-refractivity contribution is 9.09. The SMILES string of the molecule is CC(=O)N1CCN(S(=O)(=O)c2ccc(CCBr)cc2)CC1. The van der Waals surface area contributed by atoms with Crippen molar-refractivity contribution in [3.63, 3.8) is 0 Å². The van der Waals surface area contributed by atoms with Gasteiger partial charge in [0.1, 0.15) is 0 Å². The standard InChI is InChI=1S/C14H19BrN2O3S/c1-12(18)16-8-10-17(11-9-16)21(19,20)14-4-2-13(3-5-14)6-7-15/h2-5H,6-11H2,1H3. The molecule has 1 heterocycles. The molecule has 0 radical (unpaired) electrons. The van der Waals surface area contributed by atoms with Crippen LogP contribution in [0.1, 0.15) is 12.5 Å². The maximum Gasteiger partial charge on any atom is 0.243 e. The molecule has 0 atom stereocenters. The lowest BCUT2D eigenvalue weighted by Crippen LogP contribution is -2.49. The van der Waals surface area contributed by atoms with Gasteiger partial charge in [0.15, 0.2) is 0 Å². The maximum atomic E-state index is 12.5. The van der Waals surface area contributed by atoms with Crippen molar-refractivity contribution >= 4 is 31.9 Å². The number of amides is 1. The molecular weight excluding hydrogens is 356 g/mol. The first-order valence-electron chi connectivity index (χ1n) is 6.85. The van der Waals surface area contributed by atoms with Crippen LogP contribution in [0.2, 0.25) is 0 Å². The first kappa shape index (κ1) is 16.5. The molecule has 1 aromatic rings. The van der Waals surface area contributed by atoms with Gasteiger partial charge >= 0.3 is 0 Å². The maximum absolute atomic E-state index is 12.5. The molecule has 1 aliphatic heterocycles. The number of halogens is 1. The summed E-state index contributed by atoms with van der Waals surface area (Å²) in [5, 5.41) is 0.853. The smallest absolute Gasteiger partial charge is 0.243 e. The van der Waals surface area contributed by atoms with E-state index in [1.807, 2.05) is 12.1 Å². The van der Waals surface area contributed by atoms with E-state index in [-0.39, 0.29) is 5.91 Å². The molecule has 1 aromatic carbocycles. The molecule has 1 fully saturated rings. The van der Waals surface area contributed by atoms with E-state index in [0.29, 0.717) is 31.1 Å². The predicted octanol–water partition coefficient (Wildman–Crippen LogP) is 1.48. The highest BCUT2D eigenvalue weighted by Crippen LogP contribution is 2.18. The van der Waals surface area contributed by atoms with Crippen molar-refractivity contribution in [2.24, 2.45) is 0 Å². The number of nitrogens with zero attached hydrogens (tertiary/aromatic N) is 2. The lowest BCUT2D eigenvalue weighted by molar-refractivity contribution is -0.129. The molecule has 0 aromatic heterocycles. The van der Waals surface area contributed by atoms with Gasteiger partial charge in [-0.2, -0.15) is 4.31 Å². The van der Waals surface area contributed by atoms with Crippen LogP contribution < -0.4 is 0 Å². The number of carbonyl (C=O) groups is 1. The fourth-order valence-electron chi connectivity index (χ4n) is 2.33. The fraction of sp³-hybridized carbons (Fsp3) is 0.500. The van der Waals surface area contributed by atoms with Gasteiger partial charge in [-0.15, -0.1) is 0 Å². The third-order valence-electron chi connectivity index (χ3n) is 3.63. The van der Waals surface area contributed by atoms with E-state index in [2.05, 4.69) is 15.9 Å². The summed E-state index contributed by atoms with van der Waals surface area (Å²) in [7, 11) is -3.46. The number of hydrogen-bond donors (Lipinski definition) is 0. The van der Waals surface area contributed by atoms with Crippen LogP contribution in [0.4, 0.5) is 0 Å². The molecular formula is C14H19BrN2O3S. The molecule has 5 nitrogen and oxygen atoms in total. The molecule has 0 bridgehead atoms. The Morgan fingerprint density at radius 3 is 2.19 bits per heavy atom. The number of piperazine rings is 1. The second-order valence-corrected chi connectivity index (χ2v) is 7.72. The number of aryl methyl sites for hydroxylation is 1. The lowest BCUT2D eigenvalue weighted by Gasteiger charge is -2.33. The topological polar surface area (TPSA) is 57.7 Å². The number of hydrogen-bond acceptors (Lipinski definition) is 3. The van der Waals surface area contributed by atoms with Crippen molar-refractivity contribution < 1.29 is 13.2 Å². The highest BCUT2D eigenvalue weighted by atomic mass is 79.9. The molecule has 116 valence electrons. The quantitative estimate of drug-likeness (QED) is 0.749. The fourth-order valence-corrected chi connectivity index (χ4v) is 4.21. The average molecular weight is 375 g/mol. The molecule has 0 unspecified atom stereocenters. The summed E-state index contributed by atoms with van der Waals surface area (Å²) in [4.78, 5) is 13.3. The van der Waals surface area contributed by atoms with Crippen LogP contribution in [0.3, 0.4) is 0 Å². The Morgan fingerprint density at radius 2 is 1.71 bits per heavy atom. The summed E-state index contributed by atoms with van der Waals surface area (Å²) in [6, 6.07) is 7.01. The third kappa shape index (κ3) is 3.84. The van der Waals surface area contributed by atoms with Crippen LogP contribution in [-0.2, 0) is 21.2 Å². The van der Waals surface area contributed by atoms with Crippen molar-refractivity contribution in [3.8, 4) is 0 Å². The Kier molecular flexibility index (Phi) is 5.40. The van der Waals surface area contributed by atoms with Crippen LogP contribution in [0, 0.1) is 0 Å². The zero-order valence-electron chi connectivity index (χ0n) is 12.0. The number of rotatable bonds is 4. The second-order valence-electron chi connectivity index (χ2n) is 4.99. The molecule has 7 heteroatoms. The molecule has 0 spiro atoms. The minimum Gasteiger partial charge on any atom is -0.340 e. The summed E-state index contributed by atoms with van der Waals surface area (Å²) < 4.78 is 26.5. The van der Waals surface area contributed by atoms with Crippen LogP contribution in [-0.4, -0.2) is 55.0 Å². The Hall–Kier alpha value is -0.920. The zero-order valence-corrected chi connectivity index (χ0v) is 14.4. The van der Waals surface area contributed by atoms with Gasteiger partial charge in [-0.1, -0.05) is 28.1 Å². The first-order chi connectivity index (χ1) is 9.95. The minimum absolute atomic E-state index is 0.00817. The molecule has 0 aliphatic carbocycles. The second kappa shape index (κ2) is 6.89. The predicted molar refractivity (Wildman–Crippen MR) is 85.0 cm³/mol. The Bertz CT molecular complexity index is 593. The van der Waals surface area contributed by atoms with Crippen LogP contribution in [0.15, 0.2) is 29.2 Å². The Balaban J connectivity index is 2.10. The Morgan fingerprint density at radius 1 is 1.14 bits per heavy atom. The Labute approximate surface area is 134 Å². The van der Waals surface area contributed by atoms with Crippen LogP contribution in [0.5, 0.6) is 0 Å². The van der Waals surface area contributed by atoms with E-state index in [9.17, 15) is 13.2 Å². The van der Waals surface area contributed by atoms with Crippen LogP contribution in [0.25, 0.3) is 0 Å². The van der Waals surface area contributed by atoms with E-state index in [4.69, 9.17) is 0 Å². The van der Waals surface area contributed by atoms with Crippen molar-refractivity contribution in [3.05, 3.63) is 29.8 Å². The summed E-state index contributed by atoms with van der Waals surface area (Å²) >= 11 is 3.37. The molecule has 0 saturated carbocycles. The summed E-state index contributed by atoms with van der Waals surface area (Å²) in [5.41, 5.74) is 1.10. The number of sulfonamides is 1. The third-order valence-corrected chi connectivity index (χ3v) is 5.94. The van der Waals surface area contributed by atoms with Gasteiger partial charge in [-0.3, -0.25) is 4.79 Å². The van der Waals surface area contributed by atoms with E-state index in [0.717, 1.165) is 17.3 Å². The first-order valence-corrected chi connectivity index (χ1v) is 9.42. The average Bonchev–Trinajstić information content (AvgIpc) is 2.48. The van der Waals surface area contributed by atoms with Crippen molar-refractivity contribution in [2.75, 3.05) is 31.5 Å². The summed E-state index contributed by atoms with van der Waals surface area (Å²) in [6.07, 6.45) is 0.873. The molecule has 1 amide bonds. The molecule has 21 heavy (non-hydrogen) atoms. The van der Waals surface area contributed by atoms with Gasteiger partial charge < -0.3 is 4.90 Å².